The van der Waals surface area contributed by atoms with Gasteiger partial charge in [0, 0.05) is 16.6 Å². The van der Waals surface area contributed by atoms with Crippen molar-refractivity contribution in [3.8, 4) is 0 Å². The largest absolute Gasteiger partial charge is 0.325 e. The number of rotatable bonds is 4. The molecule has 5 heteroatoms. The van der Waals surface area contributed by atoms with E-state index in [9.17, 15) is 0 Å². The second-order valence-corrected chi connectivity index (χ2v) is 7.04. The molecule has 1 aromatic carbocycles. The number of benzene rings is 1. The van der Waals surface area contributed by atoms with Gasteiger partial charge in [-0.2, -0.15) is 0 Å². The average molecular weight is 357 g/mol. The van der Waals surface area contributed by atoms with Crippen LogP contribution >= 0.6 is 27.5 Å². The highest BCUT2D eigenvalue weighted by Crippen LogP contribution is 2.39. The molecule has 0 N–H and O–H groups in total. The smallest absolute Gasteiger partial charge is 0.124 e. The molecule has 1 aromatic heterocycles. The Morgan fingerprint density at radius 3 is 2.70 bits per heavy atom. The molecule has 20 heavy (non-hydrogen) atoms. The number of hydrogen-bond donors (Lipinski definition) is 0. The predicted molar refractivity (Wildman–Crippen MR) is 87.3 cm³/mol. The van der Waals surface area contributed by atoms with Crippen molar-refractivity contribution >= 4 is 38.6 Å². The third kappa shape index (κ3) is 2.28. The molecule has 1 heterocycles. The van der Waals surface area contributed by atoms with E-state index in [-0.39, 0.29) is 5.54 Å². The summed E-state index contributed by atoms with van der Waals surface area (Å²) in [5.41, 5.74) is 2.46. The van der Waals surface area contributed by atoms with Gasteiger partial charge in [0.25, 0.3) is 0 Å². The van der Waals surface area contributed by atoms with Gasteiger partial charge in [0.2, 0.25) is 0 Å². The van der Waals surface area contributed by atoms with E-state index in [1.54, 1.807) is 0 Å². The molecule has 3 rings (SSSR count). The quantitative estimate of drug-likeness (QED) is 0.771. The summed E-state index contributed by atoms with van der Waals surface area (Å²) < 4.78 is 3.38. The van der Waals surface area contributed by atoms with Gasteiger partial charge in [-0.25, -0.2) is 4.98 Å². The Morgan fingerprint density at radius 1 is 1.40 bits per heavy atom. The lowest BCUT2D eigenvalue weighted by molar-refractivity contribution is 0.0429. The fraction of sp³-hybridized carbons (Fsp3) is 0.533. The summed E-state index contributed by atoms with van der Waals surface area (Å²) in [6.45, 7) is 0.967. The van der Waals surface area contributed by atoms with Crippen molar-refractivity contribution in [1.82, 2.24) is 14.5 Å². The van der Waals surface area contributed by atoms with Gasteiger partial charge < -0.3 is 9.47 Å². The fourth-order valence-electron chi connectivity index (χ4n) is 3.05. The van der Waals surface area contributed by atoms with Crippen molar-refractivity contribution in [2.45, 2.75) is 37.2 Å². The van der Waals surface area contributed by atoms with Crippen molar-refractivity contribution in [3.05, 3.63) is 28.5 Å². The van der Waals surface area contributed by atoms with Gasteiger partial charge in [-0.1, -0.05) is 15.9 Å². The minimum atomic E-state index is 0.261. The van der Waals surface area contributed by atoms with E-state index in [0.717, 1.165) is 22.4 Å². The van der Waals surface area contributed by atoms with E-state index in [1.165, 1.54) is 24.8 Å². The van der Waals surface area contributed by atoms with E-state index >= 15 is 0 Å². The van der Waals surface area contributed by atoms with Gasteiger partial charge >= 0.3 is 0 Å². The Kier molecular flexibility index (Phi) is 3.82. The van der Waals surface area contributed by atoms with E-state index in [2.05, 4.69) is 56.6 Å². The molecule has 2 aromatic rings. The first-order chi connectivity index (χ1) is 9.55. The molecule has 0 spiro atoms. The zero-order chi connectivity index (χ0) is 14.3. The lowest BCUT2D eigenvalue weighted by atomic mass is 9.75. The Bertz CT molecular complexity index is 631. The molecule has 0 amide bonds. The maximum atomic E-state index is 6.10. The van der Waals surface area contributed by atoms with Crippen LogP contribution in [0.2, 0.25) is 0 Å². The highest BCUT2D eigenvalue weighted by atomic mass is 79.9. The topological polar surface area (TPSA) is 21.1 Å². The molecule has 3 nitrogen and oxygen atoms in total. The first-order valence-corrected chi connectivity index (χ1v) is 8.26. The Labute approximate surface area is 133 Å². The third-order valence-electron chi connectivity index (χ3n) is 4.59. The van der Waals surface area contributed by atoms with Crippen LogP contribution in [0.3, 0.4) is 0 Å². The monoisotopic (exact) mass is 355 g/mol. The molecule has 0 radical (unpaired) electrons. The van der Waals surface area contributed by atoms with Gasteiger partial charge in [-0.15, -0.1) is 11.6 Å². The number of imidazole rings is 1. The van der Waals surface area contributed by atoms with Gasteiger partial charge in [-0.05, 0) is 51.6 Å². The normalized spacial score (nSPS) is 17.6. The summed E-state index contributed by atoms with van der Waals surface area (Å²) in [4.78, 5) is 7.03. The van der Waals surface area contributed by atoms with Crippen molar-refractivity contribution < 1.29 is 0 Å². The maximum absolute atomic E-state index is 6.10. The molecular weight excluding hydrogens is 338 g/mol. The van der Waals surface area contributed by atoms with Crippen LogP contribution in [-0.2, 0) is 12.4 Å². The number of fused-ring (bicyclic) bond motifs is 1. The van der Waals surface area contributed by atoms with Crippen molar-refractivity contribution in [1.29, 1.82) is 0 Å². The van der Waals surface area contributed by atoms with Crippen molar-refractivity contribution in [2.24, 2.45) is 0 Å². The van der Waals surface area contributed by atoms with E-state index in [4.69, 9.17) is 11.6 Å². The molecule has 108 valence electrons. The lowest BCUT2D eigenvalue weighted by Crippen LogP contribution is -2.53. The summed E-state index contributed by atoms with van der Waals surface area (Å²) >= 11 is 9.66. The maximum Gasteiger partial charge on any atom is 0.124 e. The SMILES string of the molecule is CN(C)C1(Cn2c(CCl)nc3ccc(Br)cc32)CCC1. The molecule has 1 aliphatic rings. The molecular formula is C15H19BrClN3. The van der Waals surface area contributed by atoms with Gasteiger partial charge in [-0.3, -0.25) is 0 Å². The van der Waals surface area contributed by atoms with Crippen molar-refractivity contribution in [2.75, 3.05) is 14.1 Å². The van der Waals surface area contributed by atoms with Gasteiger partial charge in [0.05, 0.1) is 16.9 Å². The lowest BCUT2D eigenvalue weighted by Gasteiger charge is -2.47. The summed E-state index contributed by atoms with van der Waals surface area (Å²) in [6, 6.07) is 6.22. The van der Waals surface area contributed by atoms with Crippen LogP contribution in [0.4, 0.5) is 0 Å². The molecule has 1 aliphatic carbocycles. The molecule has 1 saturated carbocycles. The molecule has 1 fully saturated rings. The Balaban J connectivity index is 2.07. The Hall–Kier alpha value is -0.580. The average Bonchev–Trinajstić information content (AvgIpc) is 2.70. The standard InChI is InChI=1S/C15H19BrClN3/c1-19(2)15(6-3-7-15)10-20-13-8-11(16)4-5-12(13)18-14(20)9-17/h4-5,8H,3,6-7,9-10H2,1-2H3. The second kappa shape index (κ2) is 5.32. The zero-order valence-corrected chi connectivity index (χ0v) is 14.2. The fourth-order valence-corrected chi connectivity index (χ4v) is 3.60. The summed E-state index contributed by atoms with van der Waals surface area (Å²) in [7, 11) is 4.35. The molecule has 0 atom stereocenters. The number of hydrogen-bond acceptors (Lipinski definition) is 2. The van der Waals surface area contributed by atoms with Crippen LogP contribution in [-0.4, -0.2) is 34.1 Å². The number of alkyl halides is 1. The highest BCUT2D eigenvalue weighted by Gasteiger charge is 2.40. The summed E-state index contributed by atoms with van der Waals surface area (Å²) in [6.07, 6.45) is 3.80. The number of likely N-dealkylation sites (N-methyl/N-ethyl adjacent to an activating group) is 1. The zero-order valence-electron chi connectivity index (χ0n) is 11.9. The molecule has 0 aliphatic heterocycles. The van der Waals surface area contributed by atoms with Crippen LogP contribution in [0.25, 0.3) is 11.0 Å². The van der Waals surface area contributed by atoms with Crippen LogP contribution in [0.15, 0.2) is 22.7 Å². The van der Waals surface area contributed by atoms with Crippen LogP contribution < -0.4 is 0 Å². The second-order valence-electron chi connectivity index (χ2n) is 5.85. The predicted octanol–water partition coefficient (Wildman–Crippen LogP) is 4.02. The third-order valence-corrected chi connectivity index (χ3v) is 5.33. The van der Waals surface area contributed by atoms with Crippen molar-refractivity contribution in [3.63, 3.8) is 0 Å². The highest BCUT2D eigenvalue weighted by molar-refractivity contribution is 9.10. The van der Waals surface area contributed by atoms with Crippen LogP contribution in [0, 0.1) is 0 Å². The Morgan fingerprint density at radius 2 is 2.15 bits per heavy atom. The van der Waals surface area contributed by atoms with E-state index < -0.39 is 0 Å². The number of aromatic nitrogens is 2. The summed E-state index contributed by atoms with van der Waals surface area (Å²) in [5, 5.41) is 0. The van der Waals surface area contributed by atoms with Gasteiger partial charge in [0.15, 0.2) is 0 Å². The van der Waals surface area contributed by atoms with Gasteiger partial charge in [0.1, 0.15) is 5.82 Å². The molecule has 0 bridgehead atoms. The number of halogens is 2. The first-order valence-electron chi connectivity index (χ1n) is 6.94. The van der Waals surface area contributed by atoms with Crippen LogP contribution in [0.1, 0.15) is 25.1 Å². The minimum absolute atomic E-state index is 0.261. The summed E-state index contributed by atoms with van der Waals surface area (Å²) in [5.74, 6) is 1.42. The molecule has 0 unspecified atom stereocenters. The van der Waals surface area contributed by atoms with Crippen LogP contribution in [0.5, 0.6) is 0 Å². The number of nitrogens with zero attached hydrogens (tertiary/aromatic N) is 3. The first kappa shape index (κ1) is 14.4. The minimum Gasteiger partial charge on any atom is -0.325 e. The molecule has 0 saturated heterocycles. The van der Waals surface area contributed by atoms with E-state index in [0.29, 0.717) is 5.88 Å². The van der Waals surface area contributed by atoms with E-state index in [1.807, 2.05) is 6.07 Å².